The van der Waals surface area contributed by atoms with Gasteiger partial charge >= 0.3 is 0 Å². The van der Waals surface area contributed by atoms with E-state index in [-0.39, 0.29) is 11.7 Å². The van der Waals surface area contributed by atoms with Gasteiger partial charge in [-0.25, -0.2) is 0 Å². The third-order valence-electron chi connectivity index (χ3n) is 3.30. The van der Waals surface area contributed by atoms with Crippen molar-refractivity contribution in [2.45, 2.75) is 5.16 Å². The van der Waals surface area contributed by atoms with Gasteiger partial charge in [0.1, 0.15) is 6.33 Å². The molecule has 0 aliphatic rings. The van der Waals surface area contributed by atoms with Gasteiger partial charge in [-0.1, -0.05) is 45.9 Å². The summed E-state index contributed by atoms with van der Waals surface area (Å²) in [5.41, 5.74) is 6.98. The molecule has 0 aliphatic heterocycles. The maximum Gasteiger partial charge on any atom is 0.248 e. The Morgan fingerprint density at radius 2 is 1.85 bits per heavy atom. The Kier molecular flexibility index (Phi) is 6.80. The number of carbonyl (C=O) groups excluding carboxylic acids is 1. The van der Waals surface area contributed by atoms with Crippen LogP contribution in [0.15, 0.2) is 70.6 Å². The molecule has 0 spiro atoms. The first-order chi connectivity index (χ1) is 13.1. The van der Waals surface area contributed by atoms with Crippen molar-refractivity contribution in [2.75, 3.05) is 11.1 Å². The fourth-order valence-corrected chi connectivity index (χ4v) is 3.24. The monoisotopic (exact) mass is 462 g/mol. The molecule has 27 heavy (non-hydrogen) atoms. The molecule has 0 unspecified atom stereocenters. The van der Waals surface area contributed by atoms with Crippen LogP contribution in [0.1, 0.15) is 0 Å². The van der Waals surface area contributed by atoms with E-state index >= 15 is 0 Å². The van der Waals surface area contributed by atoms with Crippen molar-refractivity contribution in [3.05, 3.63) is 65.4 Å². The largest absolute Gasteiger partial charge is 0.331 e. The number of carbonyl (C=O) groups is 1. The summed E-state index contributed by atoms with van der Waals surface area (Å²) in [4.78, 5) is 12.0. The van der Waals surface area contributed by atoms with E-state index < -0.39 is 0 Å². The number of benzene rings is 2. The van der Waals surface area contributed by atoms with Gasteiger partial charge in [-0.15, -0.1) is 10.2 Å². The summed E-state index contributed by atoms with van der Waals surface area (Å²) < 4.78 is 2.80. The highest BCUT2D eigenvalue weighted by Gasteiger charge is 2.10. The first-order valence-electron chi connectivity index (χ1n) is 7.81. The quantitative estimate of drug-likeness (QED) is 0.305. The maximum atomic E-state index is 12.0. The number of nitrogens with zero attached hydrogens (tertiary/aromatic N) is 3. The maximum absolute atomic E-state index is 12.0. The number of thioether (sulfide) groups is 1. The normalized spacial score (nSPS) is 10.3. The van der Waals surface area contributed by atoms with Crippen molar-refractivity contribution in [1.29, 1.82) is 0 Å². The van der Waals surface area contributed by atoms with Crippen LogP contribution in [0.4, 0.5) is 5.69 Å². The average molecular weight is 463 g/mol. The lowest BCUT2D eigenvalue weighted by molar-refractivity contribution is -0.119. The Morgan fingerprint density at radius 3 is 2.59 bits per heavy atom. The lowest BCUT2D eigenvalue weighted by Gasteiger charge is -2.11. The topological polar surface area (TPSA) is 83.9 Å². The van der Waals surface area contributed by atoms with Gasteiger partial charge in [0.2, 0.25) is 5.91 Å². The Morgan fingerprint density at radius 1 is 1.11 bits per heavy atom. The van der Waals surface area contributed by atoms with Crippen molar-refractivity contribution in [3.63, 3.8) is 0 Å². The van der Waals surface area contributed by atoms with Crippen LogP contribution in [0, 0.1) is 0 Å². The number of rotatable bonds is 5. The molecular weight excluding hydrogens is 448 g/mol. The van der Waals surface area contributed by atoms with Crippen molar-refractivity contribution < 1.29 is 4.79 Å². The molecule has 1 heterocycles. The zero-order chi connectivity index (χ0) is 19.1. The number of hydrogen-bond donors (Lipinski definition) is 3. The summed E-state index contributed by atoms with van der Waals surface area (Å²) in [5.74, 6) is -0.0676. The first-order valence-corrected chi connectivity index (χ1v) is 10.00. The molecule has 1 amide bonds. The van der Waals surface area contributed by atoms with Crippen LogP contribution in [-0.4, -0.2) is 31.5 Å². The van der Waals surface area contributed by atoms with E-state index in [2.05, 4.69) is 42.3 Å². The number of hydrogen-bond acceptors (Lipinski definition) is 5. The zero-order valence-electron chi connectivity index (χ0n) is 13.9. The summed E-state index contributed by atoms with van der Waals surface area (Å²) in [6, 6.07) is 17.2. The van der Waals surface area contributed by atoms with E-state index in [0.717, 1.165) is 15.8 Å². The van der Waals surface area contributed by atoms with Crippen molar-refractivity contribution in [1.82, 2.24) is 25.6 Å². The van der Waals surface area contributed by atoms with E-state index in [0.29, 0.717) is 10.3 Å². The molecule has 0 bridgehead atoms. The SMILES string of the molecule is O=C(CSc1nncn1-c1ccccc1)NNC(=S)Nc1ccc(Br)cc1. The molecule has 2 aromatic carbocycles. The second-order valence-electron chi connectivity index (χ2n) is 5.24. The van der Waals surface area contributed by atoms with Gasteiger partial charge < -0.3 is 5.32 Å². The van der Waals surface area contributed by atoms with Crippen molar-refractivity contribution in [3.8, 4) is 5.69 Å². The van der Waals surface area contributed by atoms with Gasteiger partial charge in [0.05, 0.1) is 5.75 Å². The van der Waals surface area contributed by atoms with Gasteiger partial charge in [-0.3, -0.25) is 20.2 Å². The molecule has 0 atom stereocenters. The molecular formula is C17H15BrN6OS2. The van der Waals surface area contributed by atoms with Gasteiger partial charge in [0, 0.05) is 15.8 Å². The van der Waals surface area contributed by atoms with Crippen LogP contribution >= 0.6 is 39.9 Å². The molecule has 0 aliphatic carbocycles. The molecule has 1 aromatic heterocycles. The molecule has 0 fully saturated rings. The highest BCUT2D eigenvalue weighted by Crippen LogP contribution is 2.18. The summed E-state index contributed by atoms with van der Waals surface area (Å²) in [6.45, 7) is 0. The lowest BCUT2D eigenvalue weighted by atomic mass is 10.3. The fourth-order valence-electron chi connectivity index (χ4n) is 2.08. The molecule has 3 aromatic rings. The molecule has 10 heteroatoms. The van der Waals surface area contributed by atoms with Crippen LogP contribution in [0.2, 0.25) is 0 Å². The van der Waals surface area contributed by atoms with Crippen molar-refractivity contribution in [2.24, 2.45) is 0 Å². The Bertz CT molecular complexity index is 917. The van der Waals surface area contributed by atoms with Crippen molar-refractivity contribution >= 4 is 56.6 Å². The minimum Gasteiger partial charge on any atom is -0.331 e. The van der Waals surface area contributed by atoms with Gasteiger partial charge in [-0.05, 0) is 48.6 Å². The Hall–Kier alpha value is -2.43. The number of aromatic nitrogens is 3. The highest BCUT2D eigenvalue weighted by molar-refractivity contribution is 9.10. The minimum absolute atomic E-state index is 0.166. The number of nitrogens with one attached hydrogen (secondary N) is 3. The summed E-state index contributed by atoms with van der Waals surface area (Å²) in [5, 5.41) is 11.9. The van der Waals surface area contributed by atoms with Crippen LogP contribution in [-0.2, 0) is 4.79 Å². The number of para-hydroxylation sites is 1. The lowest BCUT2D eigenvalue weighted by Crippen LogP contribution is -2.44. The molecule has 7 nitrogen and oxygen atoms in total. The number of amides is 1. The molecule has 138 valence electrons. The molecule has 0 radical (unpaired) electrons. The van der Waals surface area contributed by atoms with Crippen LogP contribution < -0.4 is 16.2 Å². The van der Waals surface area contributed by atoms with E-state index in [9.17, 15) is 4.79 Å². The fraction of sp³-hybridized carbons (Fsp3) is 0.0588. The molecule has 3 rings (SSSR count). The predicted octanol–water partition coefficient (Wildman–Crippen LogP) is 3.14. The summed E-state index contributed by atoms with van der Waals surface area (Å²) in [7, 11) is 0. The van der Waals surface area contributed by atoms with Crippen LogP contribution in [0.3, 0.4) is 0 Å². The zero-order valence-corrected chi connectivity index (χ0v) is 17.1. The predicted molar refractivity (Wildman–Crippen MR) is 114 cm³/mol. The number of anilines is 1. The number of thiocarbonyl (C=S) groups is 1. The third-order valence-corrected chi connectivity index (χ3v) is 4.98. The van der Waals surface area contributed by atoms with E-state index in [1.165, 1.54) is 11.8 Å². The average Bonchev–Trinajstić information content (AvgIpc) is 3.16. The summed E-state index contributed by atoms with van der Waals surface area (Å²) >= 11 is 9.80. The second-order valence-corrected chi connectivity index (χ2v) is 7.51. The van der Waals surface area contributed by atoms with Crippen LogP contribution in [0.25, 0.3) is 5.69 Å². The van der Waals surface area contributed by atoms with Gasteiger partial charge in [0.25, 0.3) is 0 Å². The number of hydrazine groups is 1. The Balaban J connectivity index is 1.46. The first kappa shape index (κ1) is 19.3. The third kappa shape index (κ3) is 5.78. The molecule has 0 saturated carbocycles. The van der Waals surface area contributed by atoms with E-state index in [1.54, 1.807) is 6.33 Å². The number of halogens is 1. The van der Waals surface area contributed by atoms with E-state index in [1.807, 2.05) is 59.2 Å². The van der Waals surface area contributed by atoms with Gasteiger partial charge in [-0.2, -0.15) is 0 Å². The standard InChI is InChI=1S/C17H15BrN6OS2/c18-12-6-8-13(9-7-12)20-16(26)22-21-15(25)10-27-17-23-19-11-24(17)14-4-2-1-3-5-14/h1-9,11H,10H2,(H,21,25)(H2,20,22,26). The Labute approximate surface area is 174 Å². The molecule has 0 saturated heterocycles. The highest BCUT2D eigenvalue weighted by atomic mass is 79.9. The smallest absolute Gasteiger partial charge is 0.248 e. The van der Waals surface area contributed by atoms with E-state index in [4.69, 9.17) is 12.2 Å². The van der Waals surface area contributed by atoms with Gasteiger partial charge in [0.15, 0.2) is 10.3 Å². The second kappa shape index (κ2) is 9.49. The molecule has 3 N–H and O–H groups in total. The minimum atomic E-state index is -0.234. The summed E-state index contributed by atoms with van der Waals surface area (Å²) in [6.07, 6.45) is 1.62. The van der Waals surface area contributed by atoms with Crippen LogP contribution in [0.5, 0.6) is 0 Å².